The van der Waals surface area contributed by atoms with E-state index in [1.807, 2.05) is 0 Å². The molecule has 4 nitrogen and oxygen atoms in total. The van der Waals surface area contributed by atoms with Crippen LogP contribution in [0.5, 0.6) is 0 Å². The molecule has 0 aromatic carbocycles. The highest BCUT2D eigenvalue weighted by atomic mass is 19.4. The highest BCUT2D eigenvalue weighted by Gasteiger charge is 2.34. The Morgan fingerprint density at radius 2 is 2.14 bits per heavy atom. The van der Waals surface area contributed by atoms with Crippen LogP contribution in [0.1, 0.15) is 17.6 Å². The van der Waals surface area contributed by atoms with Crippen LogP contribution in [-0.4, -0.2) is 21.7 Å². The molecule has 1 heterocycles. The molecule has 0 aliphatic carbocycles. The Balaban J connectivity index is 3.01. The number of rotatable bonds is 2. The lowest BCUT2D eigenvalue weighted by molar-refractivity contribution is -0.145. The minimum Gasteiger partial charge on any atom is -0.394 e. The van der Waals surface area contributed by atoms with Crippen LogP contribution >= 0.6 is 0 Å². The topological polar surface area (TPSA) is 72.0 Å². The highest BCUT2D eigenvalue weighted by molar-refractivity contribution is 5.08. The van der Waals surface area contributed by atoms with E-state index < -0.39 is 24.6 Å². The van der Waals surface area contributed by atoms with Gasteiger partial charge in [0.05, 0.1) is 18.3 Å². The Hall–Kier alpha value is -1.21. The molecule has 3 N–H and O–H groups in total. The first-order valence-corrected chi connectivity index (χ1v) is 3.71. The van der Waals surface area contributed by atoms with Gasteiger partial charge in [0, 0.05) is 6.20 Å². The molecule has 0 fully saturated rings. The summed E-state index contributed by atoms with van der Waals surface area (Å²) in [7, 11) is 0. The summed E-state index contributed by atoms with van der Waals surface area (Å²) in [4.78, 5) is 6.25. The van der Waals surface area contributed by atoms with Crippen LogP contribution in [0.25, 0.3) is 0 Å². The fourth-order valence-electron chi connectivity index (χ4n) is 0.809. The molecular formula is C7H8F3N3O. The summed E-state index contributed by atoms with van der Waals surface area (Å²) in [5.41, 5.74) is 5.27. The Bertz CT molecular complexity index is 315. The van der Waals surface area contributed by atoms with E-state index in [9.17, 15) is 13.2 Å². The number of aliphatic hydroxyl groups excluding tert-OH is 1. The first kappa shape index (κ1) is 10.9. The highest BCUT2D eigenvalue weighted by Crippen LogP contribution is 2.26. The Labute approximate surface area is 77.6 Å². The molecule has 0 bridgehead atoms. The van der Waals surface area contributed by atoms with E-state index in [1.165, 1.54) is 6.07 Å². The molecule has 0 spiro atoms. The lowest BCUT2D eigenvalue weighted by Gasteiger charge is -2.09. The van der Waals surface area contributed by atoms with E-state index in [4.69, 9.17) is 10.8 Å². The maximum atomic E-state index is 12.1. The zero-order chi connectivity index (χ0) is 10.8. The molecule has 7 heteroatoms. The molecule has 1 atom stereocenters. The molecule has 0 aliphatic rings. The predicted molar refractivity (Wildman–Crippen MR) is 41.0 cm³/mol. The molecule has 0 aliphatic heterocycles. The van der Waals surface area contributed by atoms with Gasteiger partial charge in [-0.15, -0.1) is 0 Å². The van der Waals surface area contributed by atoms with E-state index in [1.54, 1.807) is 0 Å². The van der Waals surface area contributed by atoms with Crippen molar-refractivity contribution in [2.45, 2.75) is 12.2 Å². The Morgan fingerprint density at radius 3 is 2.64 bits per heavy atom. The average molecular weight is 207 g/mol. The lowest BCUT2D eigenvalue weighted by Crippen LogP contribution is -2.19. The first-order chi connectivity index (χ1) is 6.45. The summed E-state index contributed by atoms with van der Waals surface area (Å²) >= 11 is 0. The molecular weight excluding hydrogens is 199 g/mol. The molecule has 1 aromatic heterocycles. The van der Waals surface area contributed by atoms with Crippen molar-refractivity contribution in [2.75, 3.05) is 6.61 Å². The van der Waals surface area contributed by atoms with Crippen LogP contribution in [-0.2, 0) is 6.18 Å². The summed E-state index contributed by atoms with van der Waals surface area (Å²) in [6.07, 6.45) is -3.63. The number of halogens is 3. The number of hydrogen-bond donors (Lipinski definition) is 2. The number of aromatic nitrogens is 2. The van der Waals surface area contributed by atoms with Gasteiger partial charge in [-0.25, -0.2) is 9.97 Å². The number of hydrogen-bond acceptors (Lipinski definition) is 4. The van der Waals surface area contributed by atoms with Crippen LogP contribution in [0.2, 0.25) is 0 Å². The Kier molecular flexibility index (Phi) is 3.02. The van der Waals surface area contributed by atoms with Gasteiger partial charge in [0.1, 0.15) is 0 Å². The van der Waals surface area contributed by atoms with Crippen LogP contribution in [0, 0.1) is 0 Å². The minimum absolute atomic E-state index is 0.0326. The molecule has 1 aromatic rings. The van der Waals surface area contributed by atoms with Gasteiger partial charge in [-0.3, -0.25) is 0 Å². The van der Waals surface area contributed by atoms with Crippen LogP contribution in [0.15, 0.2) is 12.3 Å². The van der Waals surface area contributed by atoms with E-state index in [-0.39, 0.29) is 5.69 Å². The first-order valence-electron chi connectivity index (χ1n) is 3.71. The molecule has 1 unspecified atom stereocenters. The largest absolute Gasteiger partial charge is 0.451 e. The molecule has 14 heavy (non-hydrogen) atoms. The van der Waals surface area contributed by atoms with Gasteiger partial charge in [-0.2, -0.15) is 13.2 Å². The monoisotopic (exact) mass is 207 g/mol. The van der Waals surface area contributed by atoms with Crippen molar-refractivity contribution in [2.24, 2.45) is 5.73 Å². The van der Waals surface area contributed by atoms with Crippen molar-refractivity contribution in [3.8, 4) is 0 Å². The SMILES string of the molecule is NC(CO)c1ccnc(C(F)(F)F)n1. The van der Waals surface area contributed by atoms with Gasteiger partial charge >= 0.3 is 6.18 Å². The second-order valence-electron chi connectivity index (χ2n) is 2.59. The van der Waals surface area contributed by atoms with Gasteiger partial charge in [0.2, 0.25) is 5.82 Å². The fraction of sp³-hybridized carbons (Fsp3) is 0.429. The maximum absolute atomic E-state index is 12.1. The number of nitrogens with zero attached hydrogens (tertiary/aromatic N) is 2. The van der Waals surface area contributed by atoms with Crippen molar-refractivity contribution in [1.82, 2.24) is 9.97 Å². The second-order valence-corrected chi connectivity index (χ2v) is 2.59. The van der Waals surface area contributed by atoms with E-state index in [2.05, 4.69) is 9.97 Å². The van der Waals surface area contributed by atoms with Crippen LogP contribution < -0.4 is 5.73 Å². The van der Waals surface area contributed by atoms with Crippen molar-refractivity contribution in [3.63, 3.8) is 0 Å². The molecule has 0 amide bonds. The third kappa shape index (κ3) is 2.39. The maximum Gasteiger partial charge on any atom is 0.451 e. The third-order valence-electron chi connectivity index (χ3n) is 1.51. The summed E-state index contributed by atoms with van der Waals surface area (Å²) < 4.78 is 36.3. The summed E-state index contributed by atoms with van der Waals surface area (Å²) in [5.74, 6) is -1.25. The second kappa shape index (κ2) is 3.89. The van der Waals surface area contributed by atoms with Crippen molar-refractivity contribution in [1.29, 1.82) is 0 Å². The van der Waals surface area contributed by atoms with E-state index in [0.717, 1.165) is 6.20 Å². The van der Waals surface area contributed by atoms with E-state index >= 15 is 0 Å². The van der Waals surface area contributed by atoms with Crippen LogP contribution in [0.3, 0.4) is 0 Å². The quantitative estimate of drug-likeness (QED) is 0.740. The number of alkyl halides is 3. The summed E-state index contributed by atoms with van der Waals surface area (Å²) in [5, 5.41) is 8.62. The third-order valence-corrected chi connectivity index (χ3v) is 1.51. The van der Waals surface area contributed by atoms with Gasteiger partial charge in [-0.05, 0) is 6.07 Å². The standard InChI is InChI=1S/C7H8F3N3O/c8-7(9,10)6-12-2-1-5(13-6)4(11)3-14/h1-2,4,14H,3,11H2. The van der Waals surface area contributed by atoms with Gasteiger partial charge in [0.25, 0.3) is 0 Å². The molecule has 1 rings (SSSR count). The number of nitrogens with two attached hydrogens (primary N) is 1. The summed E-state index contributed by atoms with van der Waals surface area (Å²) in [6, 6.07) is 0.315. The van der Waals surface area contributed by atoms with Gasteiger partial charge < -0.3 is 10.8 Å². The average Bonchev–Trinajstić information content (AvgIpc) is 2.15. The lowest BCUT2D eigenvalue weighted by atomic mass is 10.2. The van der Waals surface area contributed by atoms with Crippen molar-refractivity contribution < 1.29 is 18.3 Å². The smallest absolute Gasteiger partial charge is 0.394 e. The molecule has 78 valence electrons. The van der Waals surface area contributed by atoms with Gasteiger partial charge in [0.15, 0.2) is 0 Å². The summed E-state index contributed by atoms with van der Waals surface area (Å²) in [6.45, 7) is -0.464. The normalized spacial score (nSPS) is 14.1. The van der Waals surface area contributed by atoms with Gasteiger partial charge in [-0.1, -0.05) is 0 Å². The minimum atomic E-state index is -4.59. The van der Waals surface area contributed by atoms with Crippen molar-refractivity contribution in [3.05, 3.63) is 23.8 Å². The Morgan fingerprint density at radius 1 is 1.50 bits per heavy atom. The zero-order valence-electron chi connectivity index (χ0n) is 6.99. The molecule has 0 saturated carbocycles. The molecule has 0 radical (unpaired) electrons. The number of aliphatic hydroxyl groups is 1. The zero-order valence-corrected chi connectivity index (χ0v) is 6.99. The fourth-order valence-corrected chi connectivity index (χ4v) is 0.809. The van der Waals surface area contributed by atoms with Crippen molar-refractivity contribution >= 4 is 0 Å². The molecule has 0 saturated heterocycles. The predicted octanol–water partition coefficient (Wildman–Crippen LogP) is 0.487. The van der Waals surface area contributed by atoms with E-state index in [0.29, 0.717) is 0 Å². The van der Waals surface area contributed by atoms with Crippen LogP contribution in [0.4, 0.5) is 13.2 Å².